The van der Waals surface area contributed by atoms with Crippen LogP contribution in [0.1, 0.15) is 30.1 Å². The van der Waals surface area contributed by atoms with Gasteiger partial charge < -0.3 is 15.4 Å². The lowest BCUT2D eigenvalue weighted by atomic mass is 10.1. The van der Waals surface area contributed by atoms with E-state index in [4.69, 9.17) is 4.74 Å². The maximum Gasteiger partial charge on any atom is 0.340 e. The van der Waals surface area contributed by atoms with E-state index >= 15 is 0 Å². The number of ether oxygens (including phenoxy) is 1. The summed E-state index contributed by atoms with van der Waals surface area (Å²) < 4.78 is 5.23. The highest BCUT2D eigenvalue weighted by Crippen LogP contribution is 2.33. The molecule has 3 aromatic carbocycles. The topological polar surface area (TPSA) is 84.5 Å². The second-order valence-corrected chi connectivity index (χ2v) is 7.97. The summed E-state index contributed by atoms with van der Waals surface area (Å²) in [5.74, 6) is -2.25. The molecule has 0 aromatic heterocycles. The predicted molar refractivity (Wildman–Crippen MR) is 126 cm³/mol. The van der Waals surface area contributed by atoms with Gasteiger partial charge in [-0.05, 0) is 42.8 Å². The van der Waals surface area contributed by atoms with Crippen LogP contribution in [0.4, 0.5) is 11.4 Å². The summed E-state index contributed by atoms with van der Waals surface area (Å²) in [7, 11) is 0. The third-order valence-corrected chi connectivity index (χ3v) is 5.52. The molecule has 32 heavy (non-hydrogen) atoms. The van der Waals surface area contributed by atoms with E-state index in [0.717, 1.165) is 22.6 Å². The molecule has 0 saturated carbocycles. The minimum atomic E-state index is -0.877. The van der Waals surface area contributed by atoms with E-state index in [1.807, 2.05) is 49.4 Å². The van der Waals surface area contributed by atoms with E-state index in [2.05, 4.69) is 10.6 Å². The van der Waals surface area contributed by atoms with Gasteiger partial charge >= 0.3 is 17.8 Å². The Morgan fingerprint density at radius 2 is 1.38 bits per heavy atom. The number of anilines is 2. The van der Waals surface area contributed by atoms with Gasteiger partial charge in [0.1, 0.15) is 0 Å². The molecule has 0 aliphatic rings. The first kappa shape index (κ1) is 23.1. The molecule has 7 heteroatoms. The zero-order valence-electron chi connectivity index (χ0n) is 17.7. The maximum atomic E-state index is 12.6. The third kappa shape index (κ3) is 6.46. The number of hydrogen-bond donors (Lipinski definition) is 2. The average molecular weight is 449 g/mol. The second-order valence-electron chi connectivity index (χ2n) is 6.85. The van der Waals surface area contributed by atoms with Gasteiger partial charge in [0, 0.05) is 9.79 Å². The van der Waals surface area contributed by atoms with Crippen LogP contribution in [-0.4, -0.2) is 24.4 Å². The van der Waals surface area contributed by atoms with Crippen molar-refractivity contribution in [2.24, 2.45) is 0 Å². The highest BCUT2D eigenvalue weighted by atomic mass is 32.2. The molecule has 0 heterocycles. The fraction of sp³-hybridized carbons (Fsp3) is 0.160. The van der Waals surface area contributed by atoms with Crippen molar-refractivity contribution in [2.75, 3.05) is 17.2 Å². The highest BCUT2D eigenvalue weighted by molar-refractivity contribution is 7.99. The monoisotopic (exact) mass is 448 g/mol. The number of esters is 1. The third-order valence-electron chi connectivity index (χ3n) is 4.44. The largest absolute Gasteiger partial charge is 0.462 e. The van der Waals surface area contributed by atoms with E-state index in [9.17, 15) is 14.4 Å². The van der Waals surface area contributed by atoms with Crippen molar-refractivity contribution in [3.63, 3.8) is 0 Å². The number of amides is 2. The van der Waals surface area contributed by atoms with Crippen molar-refractivity contribution < 1.29 is 19.1 Å². The van der Waals surface area contributed by atoms with E-state index < -0.39 is 17.8 Å². The van der Waals surface area contributed by atoms with E-state index in [-0.39, 0.29) is 11.3 Å². The Morgan fingerprint density at radius 1 is 0.781 bits per heavy atom. The molecule has 0 fully saturated rings. The van der Waals surface area contributed by atoms with Crippen molar-refractivity contribution in [3.05, 3.63) is 84.4 Å². The number of para-hydroxylation sites is 2. The molecular weight excluding hydrogens is 424 g/mol. The molecule has 0 aliphatic heterocycles. The van der Waals surface area contributed by atoms with Gasteiger partial charge in [-0.25, -0.2) is 4.79 Å². The fourth-order valence-corrected chi connectivity index (χ4v) is 3.71. The first-order chi connectivity index (χ1) is 15.6. The summed E-state index contributed by atoms with van der Waals surface area (Å²) in [6, 6.07) is 23.4. The molecule has 3 rings (SSSR count). The Kier molecular flexibility index (Phi) is 8.45. The fourth-order valence-electron chi connectivity index (χ4n) is 2.79. The van der Waals surface area contributed by atoms with Crippen LogP contribution in [0.3, 0.4) is 0 Å². The lowest BCUT2D eigenvalue weighted by Gasteiger charge is -2.12. The van der Waals surface area contributed by atoms with E-state index in [1.165, 1.54) is 11.8 Å². The second kappa shape index (κ2) is 11.7. The summed E-state index contributed by atoms with van der Waals surface area (Å²) in [5, 5.41) is 5.17. The minimum Gasteiger partial charge on any atom is -0.462 e. The smallest absolute Gasteiger partial charge is 0.340 e. The molecule has 164 valence electrons. The van der Waals surface area contributed by atoms with Crippen LogP contribution in [0.2, 0.25) is 0 Å². The average Bonchev–Trinajstić information content (AvgIpc) is 2.81. The van der Waals surface area contributed by atoms with Gasteiger partial charge in [-0.2, -0.15) is 0 Å². The van der Waals surface area contributed by atoms with Crippen LogP contribution in [-0.2, 0) is 14.3 Å². The molecule has 0 saturated heterocycles. The molecule has 2 amide bonds. The Morgan fingerprint density at radius 3 is 2.09 bits per heavy atom. The first-order valence-electron chi connectivity index (χ1n) is 10.3. The summed E-state index contributed by atoms with van der Waals surface area (Å²) >= 11 is 1.48. The van der Waals surface area contributed by atoms with Gasteiger partial charge in [0.2, 0.25) is 0 Å². The van der Waals surface area contributed by atoms with Gasteiger partial charge in [0.05, 0.1) is 23.5 Å². The molecule has 6 nitrogen and oxygen atoms in total. The van der Waals surface area contributed by atoms with Crippen molar-refractivity contribution in [3.8, 4) is 0 Å². The number of carbonyl (C=O) groups is 3. The van der Waals surface area contributed by atoms with Crippen molar-refractivity contribution in [1.29, 1.82) is 0 Å². The lowest BCUT2D eigenvalue weighted by Crippen LogP contribution is -2.30. The van der Waals surface area contributed by atoms with Gasteiger partial charge in [-0.15, -0.1) is 0 Å². The highest BCUT2D eigenvalue weighted by Gasteiger charge is 2.19. The molecular formula is C25H24N2O4S. The zero-order valence-corrected chi connectivity index (χ0v) is 18.5. The summed E-state index contributed by atoms with van der Waals surface area (Å²) in [6.07, 6.45) is 1.65. The molecule has 0 spiro atoms. The number of carbonyl (C=O) groups excluding carboxylic acids is 3. The summed E-state index contributed by atoms with van der Waals surface area (Å²) in [6.45, 7) is 2.30. The van der Waals surface area contributed by atoms with Crippen molar-refractivity contribution in [2.45, 2.75) is 29.6 Å². The molecule has 3 aromatic rings. The van der Waals surface area contributed by atoms with Gasteiger partial charge in [-0.3, -0.25) is 9.59 Å². The van der Waals surface area contributed by atoms with Crippen molar-refractivity contribution >= 4 is 40.9 Å². The van der Waals surface area contributed by atoms with Crippen LogP contribution < -0.4 is 10.6 Å². The van der Waals surface area contributed by atoms with Gasteiger partial charge in [-0.1, -0.05) is 67.6 Å². The molecule has 0 unspecified atom stereocenters. The van der Waals surface area contributed by atoms with Crippen LogP contribution >= 0.6 is 11.8 Å². The Hall–Kier alpha value is -3.58. The number of benzene rings is 3. The SMILES string of the molecule is CCCCOC(=O)c1ccccc1NC(=O)C(=O)Nc1ccccc1Sc1ccccc1. The van der Waals surface area contributed by atoms with Crippen LogP contribution in [0, 0.1) is 0 Å². The van der Waals surface area contributed by atoms with Crippen LogP contribution in [0.15, 0.2) is 88.7 Å². The van der Waals surface area contributed by atoms with Gasteiger partial charge in [0.25, 0.3) is 0 Å². The lowest BCUT2D eigenvalue weighted by molar-refractivity contribution is -0.133. The summed E-state index contributed by atoms with van der Waals surface area (Å²) in [4.78, 5) is 39.2. The zero-order chi connectivity index (χ0) is 22.8. The Balaban J connectivity index is 1.68. The first-order valence-corrected chi connectivity index (χ1v) is 11.1. The van der Waals surface area contributed by atoms with E-state index in [1.54, 1.807) is 36.4 Å². The molecule has 2 N–H and O–H groups in total. The number of nitrogens with one attached hydrogen (secondary N) is 2. The summed E-state index contributed by atoms with van der Waals surface area (Å²) in [5.41, 5.74) is 0.944. The predicted octanol–water partition coefficient (Wildman–Crippen LogP) is 5.37. The molecule has 0 radical (unpaired) electrons. The number of hydrogen-bond acceptors (Lipinski definition) is 5. The number of rotatable bonds is 8. The Bertz CT molecular complexity index is 1090. The molecule has 0 bridgehead atoms. The minimum absolute atomic E-state index is 0.199. The number of unbranched alkanes of at least 4 members (excludes halogenated alkanes) is 1. The molecule has 0 aliphatic carbocycles. The van der Waals surface area contributed by atoms with Crippen LogP contribution in [0.5, 0.6) is 0 Å². The van der Waals surface area contributed by atoms with Gasteiger partial charge in [0.15, 0.2) is 0 Å². The van der Waals surface area contributed by atoms with Crippen molar-refractivity contribution in [1.82, 2.24) is 0 Å². The molecule has 0 atom stereocenters. The quantitative estimate of drug-likeness (QED) is 0.275. The van der Waals surface area contributed by atoms with E-state index in [0.29, 0.717) is 12.3 Å². The maximum absolute atomic E-state index is 12.6. The Labute approximate surface area is 191 Å². The van der Waals surface area contributed by atoms with Crippen LogP contribution in [0.25, 0.3) is 0 Å². The standard InChI is InChI=1S/C25H24N2O4S/c1-2-3-17-31-25(30)19-13-7-8-14-20(19)26-23(28)24(29)27-21-15-9-10-16-22(21)32-18-11-5-4-6-12-18/h4-16H,2-3,17H2,1H3,(H,26,28)(H,27,29). The normalized spacial score (nSPS) is 10.3.